The highest BCUT2D eigenvalue weighted by Gasteiger charge is 2.44. The fourth-order valence-corrected chi connectivity index (χ4v) is 1.19. The van der Waals surface area contributed by atoms with Crippen LogP contribution in [0.25, 0.3) is 0 Å². The molecule has 0 unspecified atom stereocenters. The summed E-state index contributed by atoms with van der Waals surface area (Å²) in [5, 5.41) is 26.6. The van der Waals surface area contributed by atoms with Gasteiger partial charge in [0.25, 0.3) is 5.60 Å². The maximum atomic E-state index is 11.3. The van der Waals surface area contributed by atoms with Gasteiger partial charge < -0.3 is 20.1 Å². The van der Waals surface area contributed by atoms with Crippen molar-refractivity contribution in [3.05, 3.63) is 0 Å². The van der Waals surface area contributed by atoms with Crippen LogP contribution in [0.5, 0.6) is 0 Å². The third-order valence-corrected chi connectivity index (χ3v) is 2.05. The molecule has 7 nitrogen and oxygen atoms in total. The van der Waals surface area contributed by atoms with Gasteiger partial charge in [0.1, 0.15) is 5.60 Å². The molecule has 104 valence electrons. The molecule has 0 heterocycles. The molecule has 0 rings (SSSR count). The normalized spacial score (nSPS) is 12.0. The Balaban J connectivity index is 4.30. The number of carbonyl (C=O) groups is 3. The van der Waals surface area contributed by atoms with Crippen molar-refractivity contribution < 1.29 is 34.4 Å². The first-order valence-electron chi connectivity index (χ1n) is 5.40. The van der Waals surface area contributed by atoms with Crippen LogP contribution in [0, 0.1) is 0 Å². The minimum absolute atomic E-state index is 0.0932. The molecule has 0 radical (unpaired) electrons. The number of rotatable bonds is 6. The zero-order valence-corrected chi connectivity index (χ0v) is 10.6. The van der Waals surface area contributed by atoms with Crippen molar-refractivity contribution in [1.82, 2.24) is 0 Å². The van der Waals surface area contributed by atoms with E-state index < -0.39 is 35.5 Å². The molecule has 18 heavy (non-hydrogen) atoms. The Bertz CT molecular complexity index is 326. The summed E-state index contributed by atoms with van der Waals surface area (Å²) in [5.74, 6) is -4.26. The van der Waals surface area contributed by atoms with Crippen molar-refractivity contribution in [3.63, 3.8) is 0 Å². The number of ether oxygens (including phenoxy) is 1. The standard InChI is InChI=1S/C11H18O7/c1-10(2,3)18-7(12)5-4-6-11(17,8(13)14)9(15)16/h17H,4-6H2,1-3H3,(H,13,14)(H,15,16). The first-order chi connectivity index (χ1) is 7.99. The van der Waals surface area contributed by atoms with Gasteiger partial charge >= 0.3 is 17.9 Å². The summed E-state index contributed by atoms with van der Waals surface area (Å²) in [5.41, 5.74) is -3.52. The SMILES string of the molecule is CC(C)(C)OC(=O)CCCC(O)(C(=O)O)C(=O)O. The first-order valence-corrected chi connectivity index (χ1v) is 5.40. The molecule has 0 saturated carbocycles. The van der Waals surface area contributed by atoms with Gasteiger partial charge in [-0.1, -0.05) is 0 Å². The monoisotopic (exact) mass is 262 g/mol. The Morgan fingerprint density at radius 1 is 1.06 bits per heavy atom. The lowest BCUT2D eigenvalue weighted by atomic mass is 9.97. The average Bonchev–Trinajstić information content (AvgIpc) is 2.13. The second-order valence-corrected chi connectivity index (χ2v) is 4.91. The molecule has 7 heteroatoms. The summed E-state index contributed by atoms with van der Waals surface area (Å²) < 4.78 is 4.96. The van der Waals surface area contributed by atoms with E-state index in [9.17, 15) is 19.5 Å². The lowest BCUT2D eigenvalue weighted by Crippen LogP contribution is -2.46. The molecular weight excluding hydrogens is 244 g/mol. The number of hydrogen-bond donors (Lipinski definition) is 3. The molecule has 0 aliphatic heterocycles. The van der Waals surface area contributed by atoms with Crippen LogP contribution in [0.1, 0.15) is 40.0 Å². The number of aliphatic carboxylic acids is 2. The van der Waals surface area contributed by atoms with Gasteiger partial charge in [0, 0.05) is 6.42 Å². The van der Waals surface area contributed by atoms with Gasteiger partial charge in [0.05, 0.1) is 0 Å². The number of hydrogen-bond acceptors (Lipinski definition) is 5. The maximum absolute atomic E-state index is 11.3. The first kappa shape index (κ1) is 16.4. The topological polar surface area (TPSA) is 121 Å². The van der Waals surface area contributed by atoms with Gasteiger partial charge in [-0.3, -0.25) is 4.79 Å². The number of carboxylic acids is 2. The molecule has 0 aliphatic rings. The van der Waals surface area contributed by atoms with E-state index in [1.54, 1.807) is 20.8 Å². The summed E-state index contributed by atoms with van der Waals surface area (Å²) in [7, 11) is 0. The summed E-state index contributed by atoms with van der Waals surface area (Å²) >= 11 is 0. The number of carboxylic acid groups (broad SMARTS) is 2. The van der Waals surface area contributed by atoms with E-state index in [2.05, 4.69) is 0 Å². The van der Waals surface area contributed by atoms with Gasteiger partial charge in [0.2, 0.25) is 0 Å². The summed E-state index contributed by atoms with van der Waals surface area (Å²) in [6.07, 6.45) is -0.805. The zero-order valence-electron chi connectivity index (χ0n) is 10.6. The van der Waals surface area contributed by atoms with Crippen molar-refractivity contribution in [2.24, 2.45) is 0 Å². The molecule has 3 N–H and O–H groups in total. The highest BCUT2D eigenvalue weighted by atomic mass is 16.6. The van der Waals surface area contributed by atoms with Crippen molar-refractivity contribution >= 4 is 17.9 Å². The molecule has 0 fully saturated rings. The van der Waals surface area contributed by atoms with Gasteiger partial charge in [0.15, 0.2) is 0 Å². The number of carbonyl (C=O) groups excluding carboxylic acids is 1. The zero-order chi connectivity index (χ0) is 14.6. The Hall–Kier alpha value is -1.63. The van der Waals surface area contributed by atoms with Crippen molar-refractivity contribution in [2.75, 3.05) is 0 Å². The summed E-state index contributed by atoms with van der Waals surface area (Å²) in [6.45, 7) is 5.03. The van der Waals surface area contributed by atoms with Crippen LogP contribution in [0.15, 0.2) is 0 Å². The lowest BCUT2D eigenvalue weighted by Gasteiger charge is -2.20. The van der Waals surface area contributed by atoms with Crippen LogP contribution in [0.3, 0.4) is 0 Å². The molecule has 0 atom stereocenters. The van der Waals surface area contributed by atoms with Gasteiger partial charge in [-0.25, -0.2) is 9.59 Å². The van der Waals surface area contributed by atoms with Crippen LogP contribution in [-0.4, -0.2) is 44.4 Å². The minimum Gasteiger partial charge on any atom is -0.479 e. The smallest absolute Gasteiger partial charge is 0.347 e. The van der Waals surface area contributed by atoms with E-state index in [-0.39, 0.29) is 12.8 Å². The van der Waals surface area contributed by atoms with E-state index in [0.717, 1.165) is 0 Å². The average molecular weight is 262 g/mol. The van der Waals surface area contributed by atoms with E-state index in [1.807, 2.05) is 0 Å². The predicted octanol–water partition coefficient (Wildman–Crippen LogP) is 0.399. The quantitative estimate of drug-likeness (QED) is 0.468. The predicted molar refractivity (Wildman–Crippen MR) is 59.9 cm³/mol. The summed E-state index contributed by atoms with van der Waals surface area (Å²) in [4.78, 5) is 32.5. The van der Waals surface area contributed by atoms with Crippen LogP contribution >= 0.6 is 0 Å². The molecule has 0 saturated heterocycles. The van der Waals surface area contributed by atoms with Gasteiger partial charge in [-0.05, 0) is 33.6 Å². The van der Waals surface area contributed by atoms with E-state index >= 15 is 0 Å². The van der Waals surface area contributed by atoms with E-state index in [1.165, 1.54) is 0 Å². The second-order valence-electron chi connectivity index (χ2n) is 4.91. The van der Waals surface area contributed by atoms with Crippen molar-refractivity contribution in [1.29, 1.82) is 0 Å². The van der Waals surface area contributed by atoms with Crippen molar-refractivity contribution in [2.45, 2.75) is 51.2 Å². The Morgan fingerprint density at radius 3 is 1.83 bits per heavy atom. The Kier molecular flexibility index (Phi) is 5.29. The van der Waals surface area contributed by atoms with Crippen LogP contribution < -0.4 is 0 Å². The molecule has 0 aliphatic carbocycles. The molecule has 0 spiro atoms. The fraction of sp³-hybridized carbons (Fsp3) is 0.727. The van der Waals surface area contributed by atoms with Crippen LogP contribution in [0.4, 0.5) is 0 Å². The van der Waals surface area contributed by atoms with E-state index in [4.69, 9.17) is 14.9 Å². The largest absolute Gasteiger partial charge is 0.479 e. The second kappa shape index (κ2) is 5.81. The number of esters is 1. The highest BCUT2D eigenvalue weighted by molar-refractivity contribution is 6.01. The Labute approximate surface area is 104 Å². The Morgan fingerprint density at radius 2 is 1.50 bits per heavy atom. The molecule has 0 aromatic carbocycles. The number of aliphatic hydroxyl groups is 1. The summed E-state index contributed by atoms with van der Waals surface area (Å²) in [6, 6.07) is 0. The van der Waals surface area contributed by atoms with Crippen LogP contribution in [0.2, 0.25) is 0 Å². The van der Waals surface area contributed by atoms with Crippen LogP contribution in [-0.2, 0) is 19.1 Å². The molecule has 0 amide bonds. The van der Waals surface area contributed by atoms with Gasteiger partial charge in [-0.2, -0.15) is 0 Å². The van der Waals surface area contributed by atoms with E-state index in [0.29, 0.717) is 0 Å². The molecular formula is C11H18O7. The molecule has 0 aromatic rings. The lowest BCUT2D eigenvalue weighted by molar-refractivity contribution is -0.177. The molecule has 0 aromatic heterocycles. The maximum Gasteiger partial charge on any atom is 0.347 e. The third-order valence-electron chi connectivity index (χ3n) is 2.05. The van der Waals surface area contributed by atoms with Crippen molar-refractivity contribution in [3.8, 4) is 0 Å². The highest BCUT2D eigenvalue weighted by Crippen LogP contribution is 2.17. The fourth-order valence-electron chi connectivity index (χ4n) is 1.19. The molecule has 0 bridgehead atoms. The van der Waals surface area contributed by atoms with Gasteiger partial charge in [-0.15, -0.1) is 0 Å². The third kappa shape index (κ3) is 5.13. The minimum atomic E-state index is -2.86.